The van der Waals surface area contributed by atoms with E-state index in [1.54, 1.807) is 12.1 Å². The number of halogens is 2. The van der Waals surface area contributed by atoms with Gasteiger partial charge in [-0.2, -0.15) is 0 Å². The van der Waals surface area contributed by atoms with Crippen LogP contribution >= 0.6 is 22.9 Å². The highest BCUT2D eigenvalue weighted by Crippen LogP contribution is 2.27. The number of carbonyl (C=O) groups is 3. The second-order valence-corrected chi connectivity index (χ2v) is 9.61. The Bertz CT molecular complexity index is 1200. The molecular formula is C22H20ClFN5O5S-. The minimum absolute atomic E-state index is 0.0963. The largest absolute Gasteiger partial charge is 0.549 e. The normalized spacial score (nSPS) is 21.8. The molecule has 13 heteroatoms. The van der Waals surface area contributed by atoms with Crippen molar-refractivity contribution in [2.75, 3.05) is 23.3 Å². The first-order chi connectivity index (χ1) is 16.7. The lowest BCUT2D eigenvalue weighted by Crippen LogP contribution is -2.46. The van der Waals surface area contributed by atoms with E-state index in [2.05, 4.69) is 15.6 Å². The number of hydrogen-bond donors (Lipinski definition) is 3. The van der Waals surface area contributed by atoms with E-state index in [0.717, 1.165) is 17.4 Å². The summed E-state index contributed by atoms with van der Waals surface area (Å²) in [5.41, 5.74) is 0.225. The maximum absolute atomic E-state index is 14.8. The molecule has 2 amide bonds. The van der Waals surface area contributed by atoms with Crippen molar-refractivity contribution in [2.45, 2.75) is 24.7 Å². The van der Waals surface area contributed by atoms with E-state index >= 15 is 0 Å². The number of carbonyl (C=O) groups excluding carboxylic acids is 3. The molecular weight excluding hydrogens is 501 g/mol. The molecule has 0 aliphatic carbocycles. The number of amides is 2. The number of aliphatic hydroxyl groups excluding tert-OH is 1. The summed E-state index contributed by atoms with van der Waals surface area (Å²) in [6.45, 7) is -0.434. The zero-order valence-corrected chi connectivity index (χ0v) is 19.6. The predicted molar refractivity (Wildman–Crippen MR) is 127 cm³/mol. The van der Waals surface area contributed by atoms with Crippen LogP contribution in [0.3, 0.4) is 0 Å². The van der Waals surface area contributed by atoms with E-state index in [1.807, 2.05) is 0 Å². The molecule has 10 nitrogen and oxygen atoms in total. The van der Waals surface area contributed by atoms with E-state index in [9.17, 15) is 29.0 Å². The molecule has 1 saturated heterocycles. The highest BCUT2D eigenvalue weighted by Gasteiger charge is 2.38. The third-order valence-electron chi connectivity index (χ3n) is 5.50. The van der Waals surface area contributed by atoms with Gasteiger partial charge in [-0.3, -0.25) is 19.5 Å². The summed E-state index contributed by atoms with van der Waals surface area (Å²) in [7, 11) is 0. The summed E-state index contributed by atoms with van der Waals surface area (Å²) in [6.07, 6.45) is 3.25. The van der Waals surface area contributed by atoms with Crippen molar-refractivity contribution in [2.24, 2.45) is 4.99 Å². The third kappa shape index (κ3) is 5.85. The molecule has 0 bridgehead atoms. The number of nitrogens with one attached hydrogen (secondary N) is 2. The smallest absolute Gasteiger partial charge is 0.261 e. The molecule has 2 aliphatic rings. The Labute approximate surface area is 208 Å². The molecule has 0 radical (unpaired) electrons. The minimum atomic E-state index is -1.38. The van der Waals surface area contributed by atoms with Gasteiger partial charge in [-0.05, 0) is 36.8 Å². The average Bonchev–Trinajstić information content (AvgIpc) is 3.41. The Hall–Kier alpha value is -3.32. The van der Waals surface area contributed by atoms with Crippen LogP contribution in [0.5, 0.6) is 0 Å². The zero-order valence-electron chi connectivity index (χ0n) is 18.1. The average molecular weight is 521 g/mol. The number of nitrogens with zero attached hydrogens (tertiary/aromatic N) is 3. The van der Waals surface area contributed by atoms with Crippen LogP contribution in [0.1, 0.15) is 16.1 Å². The van der Waals surface area contributed by atoms with Crippen molar-refractivity contribution in [3.63, 3.8) is 0 Å². The number of rotatable bonds is 7. The highest BCUT2D eigenvalue weighted by atomic mass is 35.5. The van der Waals surface area contributed by atoms with Crippen molar-refractivity contribution in [1.82, 2.24) is 10.2 Å². The van der Waals surface area contributed by atoms with Gasteiger partial charge in [0.15, 0.2) is 6.23 Å². The van der Waals surface area contributed by atoms with Crippen molar-refractivity contribution < 1.29 is 29.0 Å². The topological polar surface area (TPSA) is 137 Å². The maximum Gasteiger partial charge on any atom is 0.261 e. The molecule has 0 spiro atoms. The summed E-state index contributed by atoms with van der Waals surface area (Å²) in [5.74, 6) is -3.14. The molecule has 1 unspecified atom stereocenters. The number of aliphatic carboxylic acids is 1. The fraction of sp³-hybridized carbons (Fsp3) is 0.273. The third-order valence-corrected chi connectivity index (χ3v) is 6.73. The van der Waals surface area contributed by atoms with Gasteiger partial charge in [0.1, 0.15) is 5.82 Å². The summed E-state index contributed by atoms with van der Waals surface area (Å²) in [5, 5.41) is 26.5. The van der Waals surface area contributed by atoms with Crippen molar-refractivity contribution in [3.8, 4) is 0 Å². The molecule has 3 heterocycles. The zero-order chi connectivity index (χ0) is 25.1. The van der Waals surface area contributed by atoms with Crippen LogP contribution in [0.15, 0.2) is 47.7 Å². The monoisotopic (exact) mass is 520 g/mol. The second kappa shape index (κ2) is 10.5. The highest BCUT2D eigenvalue weighted by molar-refractivity contribution is 7.18. The van der Waals surface area contributed by atoms with E-state index < -0.39 is 42.6 Å². The molecule has 4 rings (SSSR count). The van der Waals surface area contributed by atoms with Crippen LogP contribution in [-0.4, -0.2) is 65.4 Å². The first-order valence-corrected chi connectivity index (χ1v) is 11.7. The second-order valence-electron chi connectivity index (χ2n) is 7.90. The minimum Gasteiger partial charge on any atom is -0.549 e. The number of thiophene rings is 1. The molecule has 1 fully saturated rings. The Morgan fingerprint density at radius 2 is 2.09 bits per heavy atom. The van der Waals surface area contributed by atoms with E-state index in [0.29, 0.717) is 14.9 Å². The first-order valence-electron chi connectivity index (χ1n) is 10.5. The lowest BCUT2D eigenvalue weighted by atomic mass is 10.1. The van der Waals surface area contributed by atoms with Gasteiger partial charge in [0.05, 0.1) is 33.1 Å². The number of carboxylic acid groups (broad SMARTS) is 1. The van der Waals surface area contributed by atoms with Crippen molar-refractivity contribution in [1.29, 1.82) is 0 Å². The fourth-order valence-electron chi connectivity index (χ4n) is 3.93. The van der Waals surface area contributed by atoms with Crippen molar-refractivity contribution in [3.05, 3.63) is 57.8 Å². The first kappa shape index (κ1) is 24.8. The summed E-state index contributed by atoms with van der Waals surface area (Å²) < 4.78 is 15.2. The van der Waals surface area contributed by atoms with Crippen LogP contribution in [0.25, 0.3) is 0 Å². The van der Waals surface area contributed by atoms with Crippen LogP contribution in [0.2, 0.25) is 4.34 Å². The van der Waals surface area contributed by atoms with E-state index in [1.165, 1.54) is 40.5 Å². The van der Waals surface area contributed by atoms with Gasteiger partial charge in [0.2, 0.25) is 5.91 Å². The molecule has 1 aromatic heterocycles. The molecule has 184 valence electrons. The summed E-state index contributed by atoms with van der Waals surface area (Å²) in [4.78, 5) is 43.6. The van der Waals surface area contributed by atoms with Gasteiger partial charge in [0, 0.05) is 37.2 Å². The molecule has 3 N–H and O–H groups in total. The summed E-state index contributed by atoms with van der Waals surface area (Å²) in [6, 6.07) is 5.70. The van der Waals surface area contributed by atoms with Gasteiger partial charge in [-0.25, -0.2) is 4.39 Å². The predicted octanol–water partition coefficient (Wildman–Crippen LogP) is 0.782. The lowest BCUT2D eigenvalue weighted by Gasteiger charge is -2.26. The molecule has 2 aromatic rings. The number of likely N-dealkylation sites (tertiary alicyclic amines) is 1. The van der Waals surface area contributed by atoms with Gasteiger partial charge in [-0.15, -0.1) is 11.3 Å². The Morgan fingerprint density at radius 1 is 1.29 bits per heavy atom. The number of aliphatic hydroxyl groups is 1. The molecule has 35 heavy (non-hydrogen) atoms. The van der Waals surface area contributed by atoms with Crippen LogP contribution < -0.4 is 20.6 Å². The number of hydrogen-bond acceptors (Lipinski definition) is 9. The quantitative estimate of drug-likeness (QED) is 0.490. The molecule has 2 aliphatic heterocycles. The van der Waals surface area contributed by atoms with E-state index in [4.69, 9.17) is 11.6 Å². The number of aliphatic imine (C=N–C) groups is 1. The fourth-order valence-corrected chi connectivity index (χ4v) is 4.88. The van der Waals surface area contributed by atoms with Crippen molar-refractivity contribution >= 4 is 58.3 Å². The number of anilines is 2. The standard InChI is InChI=1S/C22H21ClFN5O5S/c23-18-4-3-17(35-18)22(34)26-12-7-16(28(10-12)11-20(31)32)21(33)27-15-2-1-13(8-14(15)24)29-6-5-25-9-19(29)30/h1-6,8-9,12,16,19,30H,7,10-11H2,(H,26,34)(H,27,33)(H,31,32)/p-1/t12-,16-,19?/m0/s1. The SMILES string of the molecule is O=C([O-])CN1C[C@@H](NC(=O)c2ccc(Cl)s2)C[C@H]1C(=O)Nc1ccc(N2C=CN=CC2O)cc1F. The van der Waals surface area contributed by atoms with E-state index in [-0.39, 0.29) is 24.6 Å². The van der Waals surface area contributed by atoms with Gasteiger partial charge in [0.25, 0.3) is 5.91 Å². The molecule has 1 aromatic carbocycles. The van der Waals surface area contributed by atoms with Gasteiger partial charge < -0.3 is 30.5 Å². The summed E-state index contributed by atoms with van der Waals surface area (Å²) >= 11 is 6.96. The number of benzene rings is 1. The van der Waals surface area contributed by atoms with Crippen LogP contribution in [0, 0.1) is 5.82 Å². The Kier molecular flexibility index (Phi) is 7.45. The number of carboxylic acids is 1. The Morgan fingerprint density at radius 3 is 2.74 bits per heavy atom. The van der Waals surface area contributed by atoms with Crippen LogP contribution in [-0.2, 0) is 9.59 Å². The molecule has 3 atom stereocenters. The van der Waals surface area contributed by atoms with Gasteiger partial charge >= 0.3 is 0 Å². The maximum atomic E-state index is 14.8. The lowest BCUT2D eigenvalue weighted by molar-refractivity contribution is -0.306. The Balaban J connectivity index is 1.44. The molecule has 0 saturated carbocycles. The van der Waals surface area contributed by atoms with Crippen LogP contribution in [0.4, 0.5) is 15.8 Å². The van der Waals surface area contributed by atoms with Gasteiger partial charge in [-0.1, -0.05) is 11.6 Å².